The lowest BCUT2D eigenvalue weighted by Gasteiger charge is -2.01. The Balaban J connectivity index is 2.31. The van der Waals surface area contributed by atoms with Crippen LogP contribution < -0.4 is 0 Å². The minimum atomic E-state index is 0.773. The van der Waals surface area contributed by atoms with Gasteiger partial charge in [-0.1, -0.05) is 23.8 Å². The fourth-order valence-electron chi connectivity index (χ4n) is 1.88. The number of hydrogen-bond acceptors (Lipinski definition) is 2. The third-order valence-electron chi connectivity index (χ3n) is 2.64. The van der Waals surface area contributed by atoms with E-state index in [0.717, 1.165) is 21.6 Å². The molecule has 3 aromatic rings. The topological polar surface area (TPSA) is 30.2 Å². The number of nitrogens with zero attached hydrogens (tertiary/aromatic N) is 3. The van der Waals surface area contributed by atoms with Gasteiger partial charge in [-0.3, -0.25) is 4.40 Å². The van der Waals surface area contributed by atoms with Crippen molar-refractivity contribution in [3.8, 4) is 11.4 Å². The third kappa shape index (κ3) is 1.74. The highest BCUT2D eigenvalue weighted by Gasteiger charge is 2.10. The molecule has 0 atom stereocenters. The fraction of sp³-hybridized carbons (Fsp3) is 0.0769. The van der Waals surface area contributed by atoms with E-state index in [1.54, 1.807) is 6.20 Å². The maximum absolute atomic E-state index is 4.52. The first-order valence-electron chi connectivity index (χ1n) is 5.31. The van der Waals surface area contributed by atoms with Crippen molar-refractivity contribution in [1.29, 1.82) is 0 Å². The first-order valence-corrected chi connectivity index (χ1v) is 6.10. The minimum absolute atomic E-state index is 0.773. The lowest BCUT2D eigenvalue weighted by Crippen LogP contribution is -1.90. The number of rotatable bonds is 1. The van der Waals surface area contributed by atoms with Crippen LogP contribution in [0.15, 0.2) is 47.3 Å². The summed E-state index contributed by atoms with van der Waals surface area (Å²) in [6, 6.07) is 10.2. The summed E-state index contributed by atoms with van der Waals surface area (Å²) in [5, 5.41) is 0. The summed E-state index contributed by atoms with van der Waals surface area (Å²) in [5.74, 6) is 0.906. The Kier molecular flexibility index (Phi) is 2.44. The minimum Gasteiger partial charge on any atom is -0.283 e. The molecule has 4 heteroatoms. The second-order valence-electron chi connectivity index (χ2n) is 3.91. The van der Waals surface area contributed by atoms with Gasteiger partial charge in [-0.2, -0.15) is 0 Å². The van der Waals surface area contributed by atoms with Crippen molar-refractivity contribution in [2.24, 2.45) is 0 Å². The lowest BCUT2D eigenvalue weighted by molar-refractivity contribution is 1.12. The second-order valence-corrected chi connectivity index (χ2v) is 4.66. The van der Waals surface area contributed by atoms with Crippen molar-refractivity contribution in [1.82, 2.24) is 14.4 Å². The zero-order chi connectivity index (χ0) is 11.8. The summed E-state index contributed by atoms with van der Waals surface area (Å²) in [6.07, 6.45) is 3.74. The predicted molar refractivity (Wildman–Crippen MR) is 70.9 cm³/mol. The number of imidazole rings is 1. The first kappa shape index (κ1) is 10.5. The Bertz CT molecular complexity index is 688. The molecule has 2 aromatic heterocycles. The van der Waals surface area contributed by atoms with E-state index in [4.69, 9.17) is 0 Å². The second kappa shape index (κ2) is 3.96. The number of hydrogen-bond donors (Lipinski definition) is 0. The molecule has 3 rings (SSSR count). The van der Waals surface area contributed by atoms with Crippen LogP contribution in [0.3, 0.4) is 0 Å². The molecule has 84 valence electrons. The van der Waals surface area contributed by atoms with Gasteiger partial charge < -0.3 is 0 Å². The van der Waals surface area contributed by atoms with E-state index < -0.39 is 0 Å². The van der Waals surface area contributed by atoms with Gasteiger partial charge in [0.25, 0.3) is 0 Å². The van der Waals surface area contributed by atoms with Crippen LogP contribution in [0.1, 0.15) is 5.56 Å². The molecule has 0 aliphatic rings. The molecule has 0 fully saturated rings. The summed E-state index contributed by atoms with van der Waals surface area (Å²) in [7, 11) is 0. The van der Waals surface area contributed by atoms with Gasteiger partial charge in [0.05, 0.1) is 0 Å². The fourth-order valence-corrected chi connectivity index (χ4v) is 2.34. The first-order chi connectivity index (χ1) is 8.25. The summed E-state index contributed by atoms with van der Waals surface area (Å²) in [4.78, 5) is 8.82. The van der Waals surface area contributed by atoms with Crippen molar-refractivity contribution in [2.45, 2.75) is 6.92 Å². The van der Waals surface area contributed by atoms with Gasteiger partial charge in [0.1, 0.15) is 5.82 Å². The molecule has 0 aliphatic heterocycles. The Labute approximate surface area is 107 Å². The summed E-state index contributed by atoms with van der Waals surface area (Å²) in [5.41, 5.74) is 3.15. The molecule has 0 N–H and O–H groups in total. The SMILES string of the molecule is Cc1cccc(-c2nc(Br)c3ncccn23)c1. The molecule has 0 radical (unpaired) electrons. The van der Waals surface area contributed by atoms with Crippen LogP contribution in [0.4, 0.5) is 0 Å². The Morgan fingerprint density at radius 3 is 2.94 bits per heavy atom. The van der Waals surface area contributed by atoms with E-state index in [0.29, 0.717) is 0 Å². The number of aromatic nitrogens is 3. The van der Waals surface area contributed by atoms with Crippen LogP contribution in [0.25, 0.3) is 17.0 Å². The molecule has 0 spiro atoms. The molecule has 0 unspecified atom stereocenters. The van der Waals surface area contributed by atoms with Gasteiger partial charge in [0.2, 0.25) is 0 Å². The van der Waals surface area contributed by atoms with Crippen LogP contribution >= 0.6 is 15.9 Å². The molecule has 2 heterocycles. The molecule has 3 nitrogen and oxygen atoms in total. The van der Waals surface area contributed by atoms with Crippen LogP contribution in [0.5, 0.6) is 0 Å². The average Bonchev–Trinajstić information content (AvgIpc) is 2.68. The van der Waals surface area contributed by atoms with Crippen LogP contribution in [0.2, 0.25) is 0 Å². The zero-order valence-electron chi connectivity index (χ0n) is 9.26. The molecular weight excluding hydrogens is 278 g/mol. The van der Waals surface area contributed by atoms with Crippen molar-refractivity contribution in [2.75, 3.05) is 0 Å². The number of halogens is 1. The van der Waals surface area contributed by atoms with E-state index in [2.05, 4.69) is 51.0 Å². The van der Waals surface area contributed by atoms with Crippen molar-refractivity contribution in [3.05, 3.63) is 52.9 Å². The zero-order valence-corrected chi connectivity index (χ0v) is 10.8. The molecule has 0 amide bonds. The van der Waals surface area contributed by atoms with Gasteiger partial charge in [0.15, 0.2) is 10.3 Å². The standard InChI is InChI=1S/C13H10BrN3/c1-9-4-2-5-10(8-9)12-16-11(14)13-15-6-3-7-17(12)13/h2-8H,1H3. The smallest absolute Gasteiger partial charge is 0.171 e. The molecule has 17 heavy (non-hydrogen) atoms. The highest BCUT2D eigenvalue weighted by Crippen LogP contribution is 2.24. The highest BCUT2D eigenvalue weighted by atomic mass is 79.9. The Morgan fingerprint density at radius 2 is 2.12 bits per heavy atom. The lowest BCUT2D eigenvalue weighted by atomic mass is 10.1. The summed E-state index contributed by atoms with van der Waals surface area (Å²) in [6.45, 7) is 2.08. The third-order valence-corrected chi connectivity index (χ3v) is 3.17. The average molecular weight is 288 g/mol. The quantitative estimate of drug-likeness (QED) is 0.686. The van der Waals surface area contributed by atoms with Gasteiger partial charge in [-0.25, -0.2) is 9.97 Å². The molecule has 0 aliphatic carbocycles. The van der Waals surface area contributed by atoms with Crippen molar-refractivity contribution < 1.29 is 0 Å². The summed E-state index contributed by atoms with van der Waals surface area (Å²) >= 11 is 3.44. The van der Waals surface area contributed by atoms with E-state index >= 15 is 0 Å². The van der Waals surface area contributed by atoms with Gasteiger partial charge in [-0.05, 0) is 35.0 Å². The molecule has 0 saturated heterocycles. The van der Waals surface area contributed by atoms with Crippen LogP contribution in [-0.4, -0.2) is 14.4 Å². The molecular formula is C13H10BrN3. The van der Waals surface area contributed by atoms with E-state index in [9.17, 15) is 0 Å². The van der Waals surface area contributed by atoms with Crippen LogP contribution in [-0.2, 0) is 0 Å². The van der Waals surface area contributed by atoms with Crippen molar-refractivity contribution in [3.63, 3.8) is 0 Å². The van der Waals surface area contributed by atoms with Gasteiger partial charge in [-0.15, -0.1) is 0 Å². The maximum Gasteiger partial charge on any atom is 0.171 e. The highest BCUT2D eigenvalue weighted by molar-refractivity contribution is 9.10. The normalized spacial score (nSPS) is 10.9. The van der Waals surface area contributed by atoms with Crippen molar-refractivity contribution >= 4 is 21.6 Å². The molecule has 0 bridgehead atoms. The number of benzene rings is 1. The maximum atomic E-state index is 4.52. The summed E-state index contributed by atoms with van der Waals surface area (Å²) < 4.78 is 2.76. The van der Waals surface area contributed by atoms with Gasteiger partial charge >= 0.3 is 0 Å². The number of fused-ring (bicyclic) bond motifs is 1. The monoisotopic (exact) mass is 287 g/mol. The van der Waals surface area contributed by atoms with Crippen LogP contribution in [0, 0.1) is 6.92 Å². The van der Waals surface area contributed by atoms with E-state index in [-0.39, 0.29) is 0 Å². The van der Waals surface area contributed by atoms with E-state index in [1.807, 2.05) is 22.7 Å². The van der Waals surface area contributed by atoms with E-state index in [1.165, 1.54) is 5.56 Å². The Hall–Kier alpha value is -1.68. The molecule has 0 saturated carbocycles. The number of aryl methyl sites for hydroxylation is 1. The largest absolute Gasteiger partial charge is 0.283 e. The predicted octanol–water partition coefficient (Wildman–Crippen LogP) is 3.47. The Morgan fingerprint density at radius 1 is 1.24 bits per heavy atom. The van der Waals surface area contributed by atoms with Gasteiger partial charge in [0, 0.05) is 18.0 Å². The molecule has 1 aromatic carbocycles.